The first-order valence-corrected chi connectivity index (χ1v) is 7.68. The van der Waals surface area contributed by atoms with Crippen LogP contribution in [0.15, 0.2) is 12.2 Å². The number of aliphatic hydroxyl groups excluding tert-OH is 1. The largest absolute Gasteiger partial charge is 0.462 e. The number of hydrogen-bond donors (Lipinski definition) is 1. The van der Waals surface area contributed by atoms with Crippen molar-refractivity contribution in [3.8, 4) is 0 Å². The summed E-state index contributed by atoms with van der Waals surface area (Å²) in [6.07, 6.45) is 1.10. The molecular weight excluding hydrogens is 272 g/mol. The van der Waals surface area contributed by atoms with E-state index in [1.807, 2.05) is 0 Å². The lowest BCUT2D eigenvalue weighted by molar-refractivity contribution is -0.145. The second-order valence-electron chi connectivity index (χ2n) is 6.64. The monoisotopic (exact) mass is 296 g/mol. The molecule has 0 unspecified atom stereocenters. The summed E-state index contributed by atoms with van der Waals surface area (Å²) < 4.78 is 16.4. The maximum absolute atomic E-state index is 11.7. The minimum Gasteiger partial charge on any atom is -0.462 e. The predicted octanol–water partition coefficient (Wildman–Crippen LogP) is 1.50. The summed E-state index contributed by atoms with van der Waals surface area (Å²) in [4.78, 5) is 11.7. The Bertz CT molecular complexity index is 434. The molecule has 0 spiro atoms. The van der Waals surface area contributed by atoms with Gasteiger partial charge in [-0.3, -0.25) is 4.79 Å². The maximum Gasteiger partial charge on any atom is 0.306 e. The molecule has 0 aromatic heterocycles. The number of carbonyl (C=O) groups is 1. The Morgan fingerprint density at radius 1 is 1.43 bits per heavy atom. The molecule has 0 bridgehead atoms. The van der Waals surface area contributed by atoms with Crippen LogP contribution in [0.5, 0.6) is 0 Å². The van der Waals surface area contributed by atoms with Crippen LogP contribution in [0.1, 0.15) is 26.2 Å². The highest BCUT2D eigenvalue weighted by molar-refractivity contribution is 5.72. The van der Waals surface area contributed by atoms with Crippen molar-refractivity contribution >= 4 is 5.97 Å². The average molecular weight is 296 g/mol. The minimum absolute atomic E-state index is 0.0897. The Morgan fingerprint density at radius 3 is 2.90 bits per heavy atom. The molecular formula is C16H24O5. The number of methoxy groups -OCH3 is 1. The number of carbonyl (C=O) groups excluding carboxylic acids is 1. The van der Waals surface area contributed by atoms with Gasteiger partial charge in [0.25, 0.3) is 0 Å². The molecule has 0 radical (unpaired) electrons. The summed E-state index contributed by atoms with van der Waals surface area (Å²) in [5, 5.41) is 10.4. The van der Waals surface area contributed by atoms with Crippen LogP contribution in [0, 0.1) is 23.7 Å². The first-order chi connectivity index (χ1) is 10.0. The van der Waals surface area contributed by atoms with Crippen LogP contribution >= 0.6 is 0 Å². The topological polar surface area (TPSA) is 65.0 Å². The molecule has 5 nitrogen and oxygen atoms in total. The zero-order valence-electron chi connectivity index (χ0n) is 12.7. The van der Waals surface area contributed by atoms with E-state index in [1.54, 1.807) is 7.11 Å². The Balaban J connectivity index is 1.85. The fraction of sp³-hybridized carbons (Fsp3) is 0.812. The standard InChI is InChI=1S/C16H24O5/c1-8-4-12(17)11-6-14(18)21-16(11)15-9(2)13(5-10(8)15)20-7-19-3/h9-13,15-17H,1,4-7H2,2-3H3/t9-,10+,11-,12-,13-,15+,16+/m0/s1. The fourth-order valence-electron chi connectivity index (χ4n) is 4.46. The first kappa shape index (κ1) is 15.0. The molecule has 3 aliphatic rings. The highest BCUT2D eigenvalue weighted by Crippen LogP contribution is 2.52. The average Bonchev–Trinajstić information content (AvgIpc) is 2.94. The van der Waals surface area contributed by atoms with E-state index < -0.39 is 6.10 Å². The third-order valence-corrected chi connectivity index (χ3v) is 5.51. The lowest BCUT2D eigenvalue weighted by Crippen LogP contribution is -2.36. The van der Waals surface area contributed by atoms with Crippen molar-refractivity contribution in [1.29, 1.82) is 0 Å². The van der Waals surface area contributed by atoms with Crippen molar-refractivity contribution in [3.05, 3.63) is 12.2 Å². The number of aliphatic hydroxyl groups is 1. The predicted molar refractivity (Wildman–Crippen MR) is 75.3 cm³/mol. The van der Waals surface area contributed by atoms with E-state index in [1.165, 1.54) is 0 Å². The smallest absolute Gasteiger partial charge is 0.306 e. The van der Waals surface area contributed by atoms with E-state index in [0.717, 1.165) is 12.0 Å². The second-order valence-corrected chi connectivity index (χ2v) is 6.64. The number of fused-ring (bicyclic) bond motifs is 3. The van der Waals surface area contributed by atoms with Gasteiger partial charge in [-0.25, -0.2) is 0 Å². The summed E-state index contributed by atoms with van der Waals surface area (Å²) in [5.41, 5.74) is 1.06. The highest BCUT2D eigenvalue weighted by atomic mass is 16.7. The number of rotatable bonds is 3. The number of ether oxygens (including phenoxy) is 3. The molecule has 5 heteroatoms. The molecule has 2 saturated carbocycles. The lowest BCUT2D eigenvalue weighted by Gasteiger charge is -2.30. The molecule has 21 heavy (non-hydrogen) atoms. The Morgan fingerprint density at radius 2 is 2.19 bits per heavy atom. The van der Waals surface area contributed by atoms with Crippen LogP contribution < -0.4 is 0 Å². The molecule has 1 N–H and O–H groups in total. The van der Waals surface area contributed by atoms with Gasteiger partial charge >= 0.3 is 5.97 Å². The van der Waals surface area contributed by atoms with Crippen LogP contribution in [0.25, 0.3) is 0 Å². The van der Waals surface area contributed by atoms with Crippen molar-refractivity contribution in [2.45, 2.75) is 44.5 Å². The lowest BCUT2D eigenvalue weighted by atomic mass is 9.80. The Labute approximate surface area is 125 Å². The van der Waals surface area contributed by atoms with Crippen LogP contribution in [-0.2, 0) is 19.0 Å². The molecule has 118 valence electrons. The van der Waals surface area contributed by atoms with Crippen molar-refractivity contribution in [3.63, 3.8) is 0 Å². The summed E-state index contributed by atoms with van der Waals surface area (Å²) in [6, 6.07) is 0. The molecule has 7 atom stereocenters. The summed E-state index contributed by atoms with van der Waals surface area (Å²) in [5.74, 6) is 0.396. The van der Waals surface area contributed by atoms with Crippen molar-refractivity contribution in [1.82, 2.24) is 0 Å². The third-order valence-electron chi connectivity index (χ3n) is 5.51. The van der Waals surface area contributed by atoms with Gasteiger partial charge in [0, 0.05) is 18.9 Å². The van der Waals surface area contributed by atoms with Gasteiger partial charge in [0.05, 0.1) is 18.6 Å². The van der Waals surface area contributed by atoms with E-state index in [0.29, 0.717) is 12.8 Å². The second kappa shape index (κ2) is 5.71. The van der Waals surface area contributed by atoms with Gasteiger partial charge < -0.3 is 19.3 Å². The van der Waals surface area contributed by atoms with Crippen LogP contribution in [-0.4, -0.2) is 43.3 Å². The Kier molecular flexibility index (Phi) is 4.08. The van der Waals surface area contributed by atoms with Gasteiger partial charge in [-0.1, -0.05) is 19.1 Å². The fourth-order valence-corrected chi connectivity index (χ4v) is 4.46. The molecule has 3 fully saturated rings. The van der Waals surface area contributed by atoms with E-state index in [-0.39, 0.29) is 48.6 Å². The first-order valence-electron chi connectivity index (χ1n) is 7.68. The zero-order chi connectivity index (χ0) is 15.1. The summed E-state index contributed by atoms with van der Waals surface area (Å²) in [7, 11) is 1.61. The molecule has 0 aromatic carbocycles. The van der Waals surface area contributed by atoms with Gasteiger partial charge in [0.15, 0.2) is 0 Å². The van der Waals surface area contributed by atoms with Gasteiger partial charge in [0.1, 0.15) is 12.9 Å². The van der Waals surface area contributed by atoms with Crippen LogP contribution in [0.4, 0.5) is 0 Å². The van der Waals surface area contributed by atoms with Crippen molar-refractivity contribution in [2.24, 2.45) is 23.7 Å². The van der Waals surface area contributed by atoms with Crippen LogP contribution in [0.3, 0.4) is 0 Å². The zero-order valence-corrected chi connectivity index (χ0v) is 12.7. The van der Waals surface area contributed by atoms with Gasteiger partial charge in [-0.2, -0.15) is 0 Å². The molecule has 2 aliphatic carbocycles. The van der Waals surface area contributed by atoms with E-state index in [4.69, 9.17) is 14.2 Å². The molecule has 1 heterocycles. The quantitative estimate of drug-likeness (QED) is 0.486. The van der Waals surface area contributed by atoms with Gasteiger partial charge in [-0.05, 0) is 24.7 Å². The minimum atomic E-state index is -0.523. The van der Waals surface area contributed by atoms with Gasteiger partial charge in [-0.15, -0.1) is 0 Å². The number of hydrogen-bond acceptors (Lipinski definition) is 5. The highest BCUT2D eigenvalue weighted by Gasteiger charge is 2.55. The summed E-state index contributed by atoms with van der Waals surface area (Å²) in [6.45, 7) is 6.59. The van der Waals surface area contributed by atoms with Gasteiger partial charge in [0.2, 0.25) is 0 Å². The Hall–Kier alpha value is -0.910. The van der Waals surface area contributed by atoms with Crippen molar-refractivity contribution in [2.75, 3.05) is 13.9 Å². The summed E-state index contributed by atoms with van der Waals surface area (Å²) >= 11 is 0. The van der Waals surface area contributed by atoms with Crippen LogP contribution in [0.2, 0.25) is 0 Å². The van der Waals surface area contributed by atoms with Crippen molar-refractivity contribution < 1.29 is 24.1 Å². The maximum atomic E-state index is 11.7. The normalized spacial score (nSPS) is 46.0. The third kappa shape index (κ3) is 2.51. The molecule has 0 amide bonds. The molecule has 1 saturated heterocycles. The van der Waals surface area contributed by atoms with E-state index in [2.05, 4.69) is 13.5 Å². The van der Waals surface area contributed by atoms with E-state index in [9.17, 15) is 9.90 Å². The van der Waals surface area contributed by atoms with E-state index >= 15 is 0 Å². The molecule has 0 aromatic rings. The number of esters is 1. The molecule has 3 rings (SSSR count). The SMILES string of the molecule is C=C1C[C@H](O)[C@@H]2CC(=O)O[C@H]2[C@@H]2[C@@H](C)[C@@H](OCOC)C[C@H]12. The molecule has 1 aliphatic heterocycles.